The number of halogens is 1. The van der Waals surface area contributed by atoms with Gasteiger partial charge in [0.2, 0.25) is 5.89 Å². The lowest BCUT2D eigenvalue weighted by atomic mass is 10.1. The summed E-state index contributed by atoms with van der Waals surface area (Å²) in [6.07, 6.45) is 0.499. The minimum Gasteiger partial charge on any atom is -0.486 e. The first-order chi connectivity index (χ1) is 13.2. The number of nitrogens with zero attached hydrogens (tertiary/aromatic N) is 3. The van der Waals surface area contributed by atoms with Gasteiger partial charge in [0.1, 0.15) is 12.7 Å². The first-order valence-corrected chi connectivity index (χ1v) is 9.17. The van der Waals surface area contributed by atoms with Crippen LogP contribution in [-0.4, -0.2) is 41.3 Å². The van der Waals surface area contributed by atoms with Gasteiger partial charge in [-0.3, -0.25) is 4.90 Å². The summed E-state index contributed by atoms with van der Waals surface area (Å²) in [6, 6.07) is 15.4. The van der Waals surface area contributed by atoms with Crippen LogP contribution in [0.15, 0.2) is 53.1 Å². The minimum atomic E-state index is -0.0459. The van der Waals surface area contributed by atoms with Crippen LogP contribution in [0.1, 0.15) is 17.3 Å². The Morgan fingerprint density at radius 2 is 1.89 bits per heavy atom. The van der Waals surface area contributed by atoms with Crippen molar-refractivity contribution in [2.75, 3.05) is 20.2 Å². The number of rotatable bonds is 6. The first kappa shape index (κ1) is 17.8. The molecule has 27 heavy (non-hydrogen) atoms. The monoisotopic (exact) mass is 385 g/mol. The smallest absolute Gasteiger partial charge is 0.240 e. The average molecular weight is 386 g/mol. The van der Waals surface area contributed by atoms with Crippen LogP contribution >= 0.6 is 11.6 Å². The number of para-hydroxylation sites is 2. The van der Waals surface area contributed by atoms with Gasteiger partial charge in [-0.05, 0) is 30.8 Å². The lowest BCUT2D eigenvalue weighted by molar-refractivity contribution is 0.0613. The van der Waals surface area contributed by atoms with E-state index in [0.717, 1.165) is 17.1 Å². The number of hydrogen-bond donors (Lipinski definition) is 0. The molecule has 0 N–H and O–H groups in total. The molecule has 0 amide bonds. The maximum absolute atomic E-state index is 6.19. The van der Waals surface area contributed by atoms with Gasteiger partial charge in [0.05, 0.1) is 6.54 Å². The second-order valence-corrected chi connectivity index (χ2v) is 6.97. The van der Waals surface area contributed by atoms with Gasteiger partial charge >= 0.3 is 0 Å². The van der Waals surface area contributed by atoms with Gasteiger partial charge in [-0.1, -0.05) is 47.1 Å². The zero-order valence-corrected chi connectivity index (χ0v) is 15.7. The Balaban J connectivity index is 1.32. The summed E-state index contributed by atoms with van der Waals surface area (Å²) in [5.41, 5.74) is 0.978. The van der Waals surface area contributed by atoms with Gasteiger partial charge in [-0.25, -0.2) is 0 Å². The predicted molar refractivity (Wildman–Crippen MR) is 101 cm³/mol. The van der Waals surface area contributed by atoms with E-state index in [-0.39, 0.29) is 6.10 Å². The van der Waals surface area contributed by atoms with E-state index in [1.54, 1.807) is 0 Å². The normalized spacial score (nSPS) is 15.9. The zero-order chi connectivity index (χ0) is 18.6. The van der Waals surface area contributed by atoms with E-state index in [9.17, 15) is 0 Å². The van der Waals surface area contributed by atoms with Crippen molar-refractivity contribution < 1.29 is 14.0 Å². The third-order valence-corrected chi connectivity index (χ3v) is 4.67. The topological polar surface area (TPSA) is 60.6 Å². The van der Waals surface area contributed by atoms with Crippen molar-refractivity contribution in [2.24, 2.45) is 0 Å². The quantitative estimate of drug-likeness (QED) is 0.646. The molecule has 2 heterocycles. The van der Waals surface area contributed by atoms with Crippen LogP contribution in [0, 0.1) is 0 Å². The maximum Gasteiger partial charge on any atom is 0.240 e. The fourth-order valence-electron chi connectivity index (χ4n) is 3.03. The third-order valence-electron chi connectivity index (χ3n) is 4.30. The van der Waals surface area contributed by atoms with Crippen molar-refractivity contribution in [3.05, 3.63) is 70.8 Å². The molecule has 1 aliphatic heterocycles. The Hall–Kier alpha value is -2.57. The summed E-state index contributed by atoms with van der Waals surface area (Å²) in [4.78, 5) is 6.54. The Labute approximate surface area is 162 Å². The van der Waals surface area contributed by atoms with Gasteiger partial charge in [0, 0.05) is 18.0 Å². The molecule has 0 radical (unpaired) electrons. The van der Waals surface area contributed by atoms with Crippen molar-refractivity contribution in [2.45, 2.75) is 19.1 Å². The molecule has 0 bridgehead atoms. The Morgan fingerprint density at radius 3 is 2.74 bits per heavy atom. The molecule has 0 aliphatic carbocycles. The molecule has 1 aliphatic rings. The molecule has 0 saturated carbocycles. The lowest BCUT2D eigenvalue weighted by Gasteiger charge is -2.29. The van der Waals surface area contributed by atoms with Crippen molar-refractivity contribution in [3.63, 3.8) is 0 Å². The van der Waals surface area contributed by atoms with Crippen LogP contribution in [0.4, 0.5) is 0 Å². The third kappa shape index (κ3) is 4.40. The predicted octanol–water partition coefficient (Wildman–Crippen LogP) is 3.59. The van der Waals surface area contributed by atoms with Crippen LogP contribution in [0.25, 0.3) is 0 Å². The van der Waals surface area contributed by atoms with Crippen molar-refractivity contribution in [1.82, 2.24) is 15.0 Å². The highest BCUT2D eigenvalue weighted by molar-refractivity contribution is 6.31. The second kappa shape index (κ2) is 7.98. The first-order valence-electron chi connectivity index (χ1n) is 8.79. The molecule has 0 saturated heterocycles. The van der Waals surface area contributed by atoms with Crippen molar-refractivity contribution >= 4 is 11.6 Å². The van der Waals surface area contributed by atoms with Crippen LogP contribution in [0.3, 0.4) is 0 Å². The number of likely N-dealkylation sites (N-methyl/N-ethyl adjacent to an activating group) is 1. The summed E-state index contributed by atoms with van der Waals surface area (Å²) < 4.78 is 17.1. The molecule has 0 unspecified atom stereocenters. The van der Waals surface area contributed by atoms with Crippen LogP contribution in [0.5, 0.6) is 11.5 Å². The summed E-state index contributed by atoms with van der Waals surface area (Å²) in [5, 5.41) is 4.76. The molecule has 6 nitrogen and oxygen atoms in total. The highest BCUT2D eigenvalue weighted by Crippen LogP contribution is 2.31. The fraction of sp³-hybridized carbons (Fsp3) is 0.300. The highest BCUT2D eigenvalue weighted by atomic mass is 35.5. The van der Waals surface area contributed by atoms with Crippen LogP contribution in [0.2, 0.25) is 5.02 Å². The van der Waals surface area contributed by atoms with Crippen LogP contribution < -0.4 is 9.47 Å². The van der Waals surface area contributed by atoms with Crippen molar-refractivity contribution in [3.8, 4) is 11.5 Å². The number of hydrogen-bond acceptors (Lipinski definition) is 6. The molecule has 3 aromatic rings. The summed E-state index contributed by atoms with van der Waals surface area (Å²) in [7, 11) is 1.99. The van der Waals surface area contributed by atoms with E-state index >= 15 is 0 Å². The van der Waals surface area contributed by atoms with Gasteiger partial charge in [0.25, 0.3) is 0 Å². The van der Waals surface area contributed by atoms with E-state index in [1.165, 1.54) is 0 Å². The molecule has 2 aromatic carbocycles. The number of aromatic nitrogens is 2. The fourth-order valence-corrected chi connectivity index (χ4v) is 3.24. The molecule has 1 atom stereocenters. The minimum absolute atomic E-state index is 0.0459. The van der Waals surface area contributed by atoms with Gasteiger partial charge in [-0.2, -0.15) is 4.98 Å². The highest BCUT2D eigenvalue weighted by Gasteiger charge is 2.22. The zero-order valence-electron chi connectivity index (χ0n) is 15.0. The second-order valence-electron chi connectivity index (χ2n) is 6.57. The standard InChI is InChI=1S/C20H20ClN3O3/c1-24(11-15-13-25-17-8-4-5-9-18(17)26-15)12-20-22-19(23-27-20)10-14-6-2-3-7-16(14)21/h2-9,15H,10-13H2,1H3/t15-/m1/s1. The van der Waals surface area contributed by atoms with Gasteiger partial charge < -0.3 is 14.0 Å². The van der Waals surface area contributed by atoms with E-state index in [2.05, 4.69) is 15.0 Å². The summed E-state index contributed by atoms with van der Waals surface area (Å²) in [6.45, 7) is 1.75. The molecule has 0 fully saturated rings. The van der Waals surface area contributed by atoms with E-state index in [0.29, 0.717) is 42.9 Å². The van der Waals surface area contributed by atoms with Crippen LogP contribution in [-0.2, 0) is 13.0 Å². The molecule has 140 valence electrons. The molecule has 1 aromatic heterocycles. The Bertz CT molecular complexity index is 915. The molecular formula is C20H20ClN3O3. The van der Waals surface area contributed by atoms with Gasteiger partial charge in [-0.15, -0.1) is 0 Å². The molecule has 4 rings (SSSR count). The number of benzene rings is 2. The Kier molecular flexibility index (Phi) is 5.27. The van der Waals surface area contributed by atoms with E-state index in [4.69, 9.17) is 25.6 Å². The SMILES string of the molecule is CN(Cc1nc(Cc2ccccc2Cl)no1)C[C@@H]1COc2ccccc2O1. The van der Waals surface area contributed by atoms with E-state index < -0.39 is 0 Å². The van der Waals surface area contributed by atoms with Crippen molar-refractivity contribution in [1.29, 1.82) is 0 Å². The lowest BCUT2D eigenvalue weighted by Crippen LogP contribution is -2.39. The average Bonchev–Trinajstić information content (AvgIpc) is 3.10. The van der Waals surface area contributed by atoms with Gasteiger partial charge in [0.15, 0.2) is 17.3 Å². The largest absolute Gasteiger partial charge is 0.486 e. The molecule has 0 spiro atoms. The summed E-state index contributed by atoms with van der Waals surface area (Å²) >= 11 is 6.19. The number of fused-ring (bicyclic) bond motifs is 1. The molecule has 7 heteroatoms. The molecular weight excluding hydrogens is 366 g/mol. The Morgan fingerprint density at radius 1 is 1.11 bits per heavy atom. The van der Waals surface area contributed by atoms with E-state index in [1.807, 2.05) is 55.6 Å². The number of ether oxygens (including phenoxy) is 2. The maximum atomic E-state index is 6.19. The summed E-state index contributed by atoms with van der Waals surface area (Å²) in [5.74, 6) is 2.76.